The Morgan fingerprint density at radius 2 is 2.00 bits per heavy atom. The molecule has 1 aromatic carbocycles. The molecule has 0 fully saturated rings. The van der Waals surface area contributed by atoms with Crippen LogP contribution in [0.2, 0.25) is 0 Å². The molecule has 4 nitrogen and oxygen atoms in total. The largest absolute Gasteiger partial charge is 0.493 e. The second-order valence-electron chi connectivity index (χ2n) is 6.76. The number of ether oxygens (including phenoxy) is 2. The number of methoxy groups -OCH3 is 2. The van der Waals surface area contributed by atoms with E-state index in [9.17, 15) is 4.79 Å². The topological polar surface area (TPSA) is 38.8 Å². The van der Waals surface area contributed by atoms with Crippen LogP contribution < -0.4 is 9.47 Å². The number of hydrogen-bond donors (Lipinski definition) is 0. The monoisotopic (exact) mass is 359 g/mol. The molecule has 1 atom stereocenters. The van der Waals surface area contributed by atoms with E-state index in [2.05, 4.69) is 31.4 Å². The third-order valence-corrected chi connectivity index (χ3v) is 5.51. The minimum Gasteiger partial charge on any atom is -0.493 e. The number of carbonyl (C=O) groups is 1. The first-order chi connectivity index (χ1) is 12.0. The van der Waals surface area contributed by atoms with Crippen LogP contribution in [-0.4, -0.2) is 31.6 Å². The van der Waals surface area contributed by atoms with Crippen LogP contribution >= 0.6 is 11.3 Å². The summed E-state index contributed by atoms with van der Waals surface area (Å²) in [6, 6.07) is 8.19. The fourth-order valence-electron chi connectivity index (χ4n) is 3.43. The van der Waals surface area contributed by atoms with E-state index in [1.165, 1.54) is 10.4 Å². The average Bonchev–Trinajstić information content (AvgIpc) is 3.12. The molecule has 5 heteroatoms. The number of amides is 1. The Morgan fingerprint density at radius 1 is 1.28 bits per heavy atom. The van der Waals surface area contributed by atoms with E-state index in [1.807, 2.05) is 17.0 Å². The van der Waals surface area contributed by atoms with Gasteiger partial charge in [0.25, 0.3) is 0 Å². The molecule has 0 aliphatic carbocycles. The Labute approximate surface area is 153 Å². The third kappa shape index (κ3) is 3.52. The SMILES string of the molecule is COc1cc2c(cc1OC)C(c1cccs1)N(C(=O)CC(C)C)CC2. The summed E-state index contributed by atoms with van der Waals surface area (Å²) in [4.78, 5) is 16.1. The molecule has 0 radical (unpaired) electrons. The zero-order valence-corrected chi connectivity index (χ0v) is 16.1. The van der Waals surface area contributed by atoms with Gasteiger partial charge in [0.1, 0.15) is 0 Å². The summed E-state index contributed by atoms with van der Waals surface area (Å²) < 4.78 is 11.0. The van der Waals surface area contributed by atoms with Gasteiger partial charge in [-0.3, -0.25) is 4.79 Å². The van der Waals surface area contributed by atoms with Crippen LogP contribution in [0.25, 0.3) is 0 Å². The molecule has 1 aliphatic heterocycles. The van der Waals surface area contributed by atoms with E-state index in [0.717, 1.165) is 24.3 Å². The van der Waals surface area contributed by atoms with Crippen molar-refractivity contribution in [1.29, 1.82) is 0 Å². The average molecular weight is 359 g/mol. The maximum Gasteiger partial charge on any atom is 0.223 e. The molecule has 0 saturated heterocycles. The predicted molar refractivity (Wildman–Crippen MR) is 101 cm³/mol. The maximum absolute atomic E-state index is 12.9. The number of fused-ring (bicyclic) bond motifs is 1. The van der Waals surface area contributed by atoms with Crippen molar-refractivity contribution in [3.05, 3.63) is 45.6 Å². The van der Waals surface area contributed by atoms with Crippen LogP contribution in [0.5, 0.6) is 11.5 Å². The summed E-state index contributed by atoms with van der Waals surface area (Å²) in [6.45, 7) is 4.91. The van der Waals surface area contributed by atoms with Gasteiger partial charge in [-0.15, -0.1) is 11.3 Å². The molecule has 1 aliphatic rings. The Kier molecular flexibility index (Phi) is 5.33. The summed E-state index contributed by atoms with van der Waals surface area (Å²) >= 11 is 1.69. The van der Waals surface area contributed by atoms with Crippen molar-refractivity contribution in [2.24, 2.45) is 5.92 Å². The maximum atomic E-state index is 12.9. The molecule has 25 heavy (non-hydrogen) atoms. The van der Waals surface area contributed by atoms with Gasteiger partial charge >= 0.3 is 0 Å². The summed E-state index contributed by atoms with van der Waals surface area (Å²) in [5, 5.41) is 2.06. The van der Waals surface area contributed by atoms with Gasteiger partial charge in [-0.05, 0) is 47.0 Å². The lowest BCUT2D eigenvalue weighted by Crippen LogP contribution is -2.40. The molecular weight excluding hydrogens is 334 g/mol. The lowest BCUT2D eigenvalue weighted by atomic mass is 9.90. The summed E-state index contributed by atoms with van der Waals surface area (Å²) in [5.41, 5.74) is 2.37. The lowest BCUT2D eigenvalue weighted by Gasteiger charge is -2.38. The number of thiophene rings is 1. The highest BCUT2D eigenvalue weighted by atomic mass is 32.1. The van der Waals surface area contributed by atoms with E-state index in [4.69, 9.17) is 9.47 Å². The second kappa shape index (κ2) is 7.48. The van der Waals surface area contributed by atoms with Crippen molar-refractivity contribution < 1.29 is 14.3 Å². The van der Waals surface area contributed by atoms with E-state index in [1.54, 1.807) is 25.6 Å². The first kappa shape index (κ1) is 17.8. The minimum atomic E-state index is -0.0465. The molecule has 2 aromatic rings. The molecule has 0 spiro atoms. The van der Waals surface area contributed by atoms with Crippen LogP contribution in [0.1, 0.15) is 42.3 Å². The summed E-state index contributed by atoms with van der Waals surface area (Å²) in [6.07, 6.45) is 1.41. The van der Waals surface area contributed by atoms with Crippen LogP contribution in [-0.2, 0) is 11.2 Å². The van der Waals surface area contributed by atoms with Crippen molar-refractivity contribution in [3.8, 4) is 11.5 Å². The highest BCUT2D eigenvalue weighted by molar-refractivity contribution is 7.10. The van der Waals surface area contributed by atoms with Crippen LogP contribution in [0.15, 0.2) is 29.6 Å². The van der Waals surface area contributed by atoms with Crippen LogP contribution in [0.3, 0.4) is 0 Å². The van der Waals surface area contributed by atoms with Crippen LogP contribution in [0.4, 0.5) is 0 Å². The molecule has 0 saturated carbocycles. The molecule has 2 heterocycles. The molecule has 1 aromatic heterocycles. The Bertz CT molecular complexity index is 740. The Balaban J connectivity index is 2.07. The Morgan fingerprint density at radius 3 is 2.60 bits per heavy atom. The molecule has 0 N–H and O–H groups in total. The number of carbonyl (C=O) groups excluding carboxylic acids is 1. The van der Waals surface area contributed by atoms with Gasteiger partial charge in [0, 0.05) is 17.8 Å². The second-order valence-corrected chi connectivity index (χ2v) is 7.74. The van der Waals surface area contributed by atoms with Gasteiger partial charge in [-0.2, -0.15) is 0 Å². The van der Waals surface area contributed by atoms with Crippen molar-refractivity contribution in [2.45, 2.75) is 32.7 Å². The molecule has 3 rings (SSSR count). The lowest BCUT2D eigenvalue weighted by molar-refractivity contribution is -0.134. The first-order valence-corrected chi connectivity index (χ1v) is 9.50. The summed E-state index contributed by atoms with van der Waals surface area (Å²) in [5.74, 6) is 2.02. The highest BCUT2D eigenvalue weighted by Gasteiger charge is 2.33. The fraction of sp³-hybridized carbons (Fsp3) is 0.450. The number of benzene rings is 1. The van der Waals surface area contributed by atoms with Crippen molar-refractivity contribution in [1.82, 2.24) is 4.90 Å². The Hall–Kier alpha value is -2.01. The predicted octanol–water partition coefficient (Wildman–Crippen LogP) is 4.29. The van der Waals surface area contributed by atoms with Gasteiger partial charge in [-0.25, -0.2) is 0 Å². The minimum absolute atomic E-state index is 0.0465. The van der Waals surface area contributed by atoms with Gasteiger partial charge in [0.2, 0.25) is 5.91 Å². The first-order valence-electron chi connectivity index (χ1n) is 8.62. The zero-order chi connectivity index (χ0) is 18.0. The van der Waals surface area contributed by atoms with Crippen LogP contribution in [0, 0.1) is 5.92 Å². The highest BCUT2D eigenvalue weighted by Crippen LogP contribution is 2.42. The van der Waals surface area contributed by atoms with Gasteiger partial charge < -0.3 is 14.4 Å². The molecule has 1 amide bonds. The quantitative estimate of drug-likeness (QED) is 0.799. The number of nitrogens with zero attached hydrogens (tertiary/aromatic N) is 1. The van der Waals surface area contributed by atoms with E-state index < -0.39 is 0 Å². The standard InChI is InChI=1S/C20H25NO3S/c1-13(2)10-19(22)21-8-7-14-11-16(23-3)17(24-4)12-15(14)20(21)18-6-5-9-25-18/h5-6,9,11-13,20H,7-8,10H2,1-4H3. The summed E-state index contributed by atoms with van der Waals surface area (Å²) in [7, 11) is 3.30. The smallest absolute Gasteiger partial charge is 0.223 e. The van der Waals surface area contributed by atoms with E-state index >= 15 is 0 Å². The molecule has 0 bridgehead atoms. The normalized spacial score (nSPS) is 16.7. The van der Waals surface area contributed by atoms with Crippen molar-refractivity contribution in [2.75, 3.05) is 20.8 Å². The van der Waals surface area contributed by atoms with Crippen molar-refractivity contribution in [3.63, 3.8) is 0 Å². The zero-order valence-electron chi connectivity index (χ0n) is 15.2. The van der Waals surface area contributed by atoms with Gasteiger partial charge in [-0.1, -0.05) is 19.9 Å². The van der Waals surface area contributed by atoms with Crippen molar-refractivity contribution >= 4 is 17.2 Å². The van der Waals surface area contributed by atoms with E-state index in [0.29, 0.717) is 18.1 Å². The van der Waals surface area contributed by atoms with E-state index in [-0.39, 0.29) is 11.9 Å². The molecule has 1 unspecified atom stereocenters. The molecular formula is C20H25NO3S. The number of rotatable bonds is 5. The third-order valence-electron chi connectivity index (χ3n) is 4.59. The van der Waals surface area contributed by atoms with Gasteiger partial charge in [0.05, 0.1) is 20.3 Å². The number of hydrogen-bond acceptors (Lipinski definition) is 4. The van der Waals surface area contributed by atoms with Gasteiger partial charge in [0.15, 0.2) is 11.5 Å². The molecule has 134 valence electrons. The fourth-order valence-corrected chi connectivity index (χ4v) is 4.29.